The molecule has 0 fully saturated rings. The van der Waals surface area contributed by atoms with Crippen molar-refractivity contribution in [1.82, 2.24) is 0 Å². The van der Waals surface area contributed by atoms with E-state index in [2.05, 4.69) is 6.07 Å². The molecule has 0 heterocycles. The third kappa shape index (κ3) is 6.93. The van der Waals surface area contributed by atoms with Crippen LogP contribution < -0.4 is 56.5 Å². The van der Waals surface area contributed by atoms with Crippen molar-refractivity contribution < 1.29 is 56.5 Å². The Hall–Kier alpha value is 0.886. The largest absolute Gasteiger partial charge is 1.00 e. The zero-order valence-electron chi connectivity index (χ0n) is 11.8. The molecular formula is C14H16Cl2KNO. The molecule has 5 heteroatoms. The topological polar surface area (TPSA) is 46.8 Å². The predicted octanol–water partition coefficient (Wildman–Crippen LogP) is 0.696. The van der Waals surface area contributed by atoms with Crippen LogP contribution in [0, 0.1) is 11.3 Å². The van der Waals surface area contributed by atoms with Crippen LogP contribution >= 0.6 is 23.2 Å². The zero-order chi connectivity index (χ0) is 13.9. The third-order valence-corrected chi connectivity index (χ3v) is 2.96. The van der Waals surface area contributed by atoms with Gasteiger partial charge in [0.15, 0.2) is 0 Å². The molecule has 0 aliphatic heterocycles. The monoisotopic (exact) mass is 323 g/mol. The first kappa shape index (κ1) is 19.9. The molecule has 2 nitrogen and oxygen atoms in total. The predicted molar refractivity (Wildman–Crippen MR) is 72.9 cm³/mol. The van der Waals surface area contributed by atoms with Crippen LogP contribution in [-0.4, -0.2) is 5.60 Å². The number of halogens is 2. The molecule has 0 bridgehead atoms. The fourth-order valence-electron chi connectivity index (χ4n) is 1.78. The molecule has 1 aromatic rings. The van der Waals surface area contributed by atoms with Crippen LogP contribution in [0.2, 0.25) is 10.0 Å². The van der Waals surface area contributed by atoms with Gasteiger partial charge in [-0.2, -0.15) is 5.26 Å². The van der Waals surface area contributed by atoms with Crippen molar-refractivity contribution in [3.05, 3.63) is 33.3 Å². The van der Waals surface area contributed by atoms with Gasteiger partial charge < -0.3 is 5.11 Å². The molecule has 0 spiro atoms. The fourth-order valence-corrected chi connectivity index (χ4v) is 2.38. The van der Waals surface area contributed by atoms with E-state index in [-0.39, 0.29) is 57.3 Å². The number of nitriles is 1. The molecule has 1 atom stereocenters. The van der Waals surface area contributed by atoms with Gasteiger partial charge in [-0.05, 0) is 36.1 Å². The molecule has 0 N–H and O–H groups in total. The number of hydrogen-bond donors (Lipinski definition) is 0. The Morgan fingerprint density at radius 2 is 1.84 bits per heavy atom. The maximum absolute atomic E-state index is 10.1. The zero-order valence-corrected chi connectivity index (χ0v) is 16.4. The van der Waals surface area contributed by atoms with Crippen LogP contribution in [0.1, 0.15) is 44.2 Å². The molecule has 1 aliphatic rings. The van der Waals surface area contributed by atoms with Gasteiger partial charge in [-0.1, -0.05) is 44.0 Å². The van der Waals surface area contributed by atoms with Gasteiger partial charge in [0.05, 0.1) is 12.0 Å². The van der Waals surface area contributed by atoms with E-state index in [1.165, 1.54) is 0 Å². The van der Waals surface area contributed by atoms with Crippen molar-refractivity contribution in [2.24, 2.45) is 0 Å². The van der Waals surface area contributed by atoms with Crippen molar-refractivity contribution in [2.45, 2.75) is 45.1 Å². The molecule has 19 heavy (non-hydrogen) atoms. The second kappa shape index (κ2) is 8.36. The summed E-state index contributed by atoms with van der Waals surface area (Å²) >= 11 is 11.9. The molecule has 0 saturated heterocycles. The van der Waals surface area contributed by atoms with E-state index in [1.807, 2.05) is 6.07 Å². The smallest absolute Gasteiger partial charge is 0.850 e. The van der Waals surface area contributed by atoms with Gasteiger partial charge >= 0.3 is 51.4 Å². The molecule has 98 valence electrons. The number of hydrogen-bond acceptors (Lipinski definition) is 2. The minimum absolute atomic E-state index is 0. The van der Waals surface area contributed by atoms with Gasteiger partial charge in [0.25, 0.3) is 0 Å². The van der Waals surface area contributed by atoms with E-state index < -0.39 is 5.60 Å². The van der Waals surface area contributed by atoms with E-state index in [4.69, 9.17) is 28.5 Å². The van der Waals surface area contributed by atoms with Gasteiger partial charge in [0.1, 0.15) is 0 Å². The Morgan fingerprint density at radius 1 is 1.32 bits per heavy atom. The molecule has 0 amide bonds. The second-order valence-electron chi connectivity index (χ2n) is 5.29. The minimum atomic E-state index is -0.750. The Morgan fingerprint density at radius 3 is 2.32 bits per heavy atom. The van der Waals surface area contributed by atoms with Crippen molar-refractivity contribution in [3.8, 4) is 6.07 Å². The summed E-state index contributed by atoms with van der Waals surface area (Å²) in [5, 5.41) is 20.3. The second-order valence-corrected chi connectivity index (χ2v) is 6.13. The van der Waals surface area contributed by atoms with E-state index in [1.54, 1.807) is 26.8 Å². The van der Waals surface area contributed by atoms with E-state index >= 15 is 0 Å². The van der Waals surface area contributed by atoms with Crippen LogP contribution in [0.4, 0.5) is 0 Å². The Balaban J connectivity index is 0.000000471. The first-order valence-corrected chi connectivity index (χ1v) is 6.56. The van der Waals surface area contributed by atoms with Crippen molar-refractivity contribution in [3.63, 3.8) is 0 Å². The summed E-state index contributed by atoms with van der Waals surface area (Å²) in [6, 6.07) is 5.85. The molecule has 1 aromatic carbocycles. The third-order valence-electron chi connectivity index (χ3n) is 2.41. The van der Waals surface area contributed by atoms with Gasteiger partial charge in [0, 0.05) is 10.0 Å². The SMILES string of the molecule is CC(C)(C)[O-].N#CC1CCc2c(Cl)cc(Cl)cc21.[K+]. The number of fused-ring (bicyclic) bond motifs is 1. The summed E-state index contributed by atoms with van der Waals surface area (Å²) in [7, 11) is 0. The summed E-state index contributed by atoms with van der Waals surface area (Å²) in [6.07, 6.45) is 1.76. The number of benzene rings is 1. The molecule has 1 aliphatic carbocycles. The molecule has 0 aromatic heterocycles. The molecule has 0 saturated carbocycles. The van der Waals surface area contributed by atoms with Crippen molar-refractivity contribution in [2.75, 3.05) is 0 Å². The van der Waals surface area contributed by atoms with Gasteiger partial charge in [-0.25, -0.2) is 0 Å². The molecular weight excluding hydrogens is 308 g/mol. The number of rotatable bonds is 0. The average molecular weight is 324 g/mol. The maximum atomic E-state index is 10.1. The first-order valence-electron chi connectivity index (χ1n) is 5.80. The first-order chi connectivity index (χ1) is 8.22. The van der Waals surface area contributed by atoms with Crippen LogP contribution in [0.5, 0.6) is 0 Å². The van der Waals surface area contributed by atoms with Gasteiger partial charge in [0.2, 0.25) is 0 Å². The minimum Gasteiger partial charge on any atom is -0.850 e. The Kier molecular flexibility index (Phi) is 8.75. The summed E-state index contributed by atoms with van der Waals surface area (Å²) < 4.78 is 0. The van der Waals surface area contributed by atoms with E-state index in [9.17, 15) is 5.11 Å². The quantitative estimate of drug-likeness (QED) is 0.660. The summed E-state index contributed by atoms with van der Waals surface area (Å²) in [5.41, 5.74) is 1.36. The van der Waals surface area contributed by atoms with E-state index in [0.717, 1.165) is 24.0 Å². The van der Waals surface area contributed by atoms with Crippen LogP contribution in [0.15, 0.2) is 12.1 Å². The number of nitrogens with zero attached hydrogens (tertiary/aromatic N) is 1. The maximum Gasteiger partial charge on any atom is 1.00 e. The normalized spacial score (nSPS) is 16.6. The van der Waals surface area contributed by atoms with Crippen molar-refractivity contribution in [1.29, 1.82) is 5.26 Å². The molecule has 1 unspecified atom stereocenters. The molecule has 0 radical (unpaired) electrons. The standard InChI is InChI=1S/C10H7Cl2N.C4H9O.K/c11-7-3-9-6(5-13)1-2-8(9)10(12)4-7;1-4(2,3)5;/h3-4,6H,1-2H2;1-3H3;/q;-1;+1. The van der Waals surface area contributed by atoms with Crippen LogP contribution in [0.25, 0.3) is 0 Å². The van der Waals surface area contributed by atoms with Gasteiger partial charge in [-0.15, -0.1) is 5.60 Å². The molecule has 2 rings (SSSR count). The summed E-state index contributed by atoms with van der Waals surface area (Å²) in [5.74, 6) is -0.0220. The van der Waals surface area contributed by atoms with Crippen molar-refractivity contribution >= 4 is 23.2 Å². The Bertz CT molecular complexity index is 472. The van der Waals surface area contributed by atoms with E-state index in [0.29, 0.717) is 10.0 Å². The Labute approximate surface area is 167 Å². The van der Waals surface area contributed by atoms with Crippen LogP contribution in [-0.2, 0) is 6.42 Å². The summed E-state index contributed by atoms with van der Waals surface area (Å²) in [6.45, 7) is 4.90. The average Bonchev–Trinajstić information content (AvgIpc) is 2.57. The fraction of sp³-hybridized carbons (Fsp3) is 0.500. The summed E-state index contributed by atoms with van der Waals surface area (Å²) in [4.78, 5) is 0. The van der Waals surface area contributed by atoms with Crippen LogP contribution in [0.3, 0.4) is 0 Å². The van der Waals surface area contributed by atoms with Gasteiger partial charge in [-0.3, -0.25) is 0 Å².